The smallest absolute Gasteiger partial charge is 0.137 e. The minimum Gasteiger partial charge on any atom is -0.306 e. The lowest BCUT2D eigenvalue weighted by Gasteiger charge is -2.19. The molecule has 0 unspecified atom stereocenters. The molecule has 26 heavy (non-hydrogen) atoms. The highest BCUT2D eigenvalue weighted by molar-refractivity contribution is 6.30. The largest absolute Gasteiger partial charge is 0.306 e. The zero-order chi connectivity index (χ0) is 17.5. The molecule has 0 bridgehead atoms. The van der Waals surface area contributed by atoms with Gasteiger partial charge in [-0.25, -0.2) is 4.98 Å². The normalized spacial score (nSPS) is 13.7. The van der Waals surface area contributed by atoms with Crippen LogP contribution in [0.3, 0.4) is 0 Å². The Morgan fingerprint density at radius 1 is 0.808 bits per heavy atom. The molecule has 1 aliphatic rings. The monoisotopic (exact) mass is 358 g/mol. The van der Waals surface area contributed by atoms with E-state index in [-0.39, 0.29) is 0 Å². The Labute approximate surface area is 158 Å². The Kier molecular flexibility index (Phi) is 3.79. The summed E-state index contributed by atoms with van der Waals surface area (Å²) in [6, 6.07) is 18.9. The molecule has 0 atom stereocenters. The predicted molar refractivity (Wildman–Crippen MR) is 108 cm³/mol. The number of fused-ring (bicyclic) bond motifs is 2. The fraction of sp³-hybridized carbons (Fsp3) is 0.174. The van der Waals surface area contributed by atoms with Crippen molar-refractivity contribution in [2.75, 3.05) is 0 Å². The number of nitrogens with zero attached hydrogens (tertiary/aromatic N) is 2. The van der Waals surface area contributed by atoms with E-state index >= 15 is 0 Å². The van der Waals surface area contributed by atoms with Gasteiger partial charge in [0.2, 0.25) is 0 Å². The topological polar surface area (TPSA) is 17.3 Å². The molecule has 0 saturated carbocycles. The highest BCUT2D eigenvalue weighted by Crippen LogP contribution is 2.32. The van der Waals surface area contributed by atoms with Gasteiger partial charge in [0, 0.05) is 23.0 Å². The van der Waals surface area contributed by atoms with Crippen molar-refractivity contribution in [1.29, 1.82) is 0 Å². The molecular weight excluding hydrogens is 340 g/mol. The van der Waals surface area contributed by atoms with Crippen molar-refractivity contribution in [2.45, 2.75) is 25.7 Å². The summed E-state index contributed by atoms with van der Waals surface area (Å²) in [5, 5.41) is 0.744. The van der Waals surface area contributed by atoms with Gasteiger partial charge in [0.15, 0.2) is 0 Å². The molecule has 2 aromatic heterocycles. The first-order valence-electron chi connectivity index (χ1n) is 9.14. The maximum absolute atomic E-state index is 6.00. The van der Waals surface area contributed by atoms with Crippen LogP contribution in [0.5, 0.6) is 0 Å². The Hall–Kier alpha value is -2.58. The molecule has 0 saturated heterocycles. The van der Waals surface area contributed by atoms with Gasteiger partial charge in [-0.1, -0.05) is 41.9 Å². The summed E-state index contributed by atoms with van der Waals surface area (Å²) in [5.74, 6) is 0. The van der Waals surface area contributed by atoms with Crippen molar-refractivity contribution in [3.05, 3.63) is 83.1 Å². The van der Waals surface area contributed by atoms with E-state index in [1.807, 2.05) is 24.3 Å². The van der Waals surface area contributed by atoms with Gasteiger partial charge in [0.1, 0.15) is 5.65 Å². The fourth-order valence-corrected chi connectivity index (χ4v) is 4.09. The third kappa shape index (κ3) is 2.71. The van der Waals surface area contributed by atoms with Gasteiger partial charge >= 0.3 is 0 Å². The minimum absolute atomic E-state index is 0.744. The third-order valence-electron chi connectivity index (χ3n) is 5.30. The Balaban J connectivity index is 1.60. The maximum atomic E-state index is 6.00. The molecule has 0 radical (unpaired) electrons. The highest BCUT2D eigenvalue weighted by Gasteiger charge is 2.14. The van der Waals surface area contributed by atoms with Crippen LogP contribution in [0.2, 0.25) is 5.02 Å². The van der Waals surface area contributed by atoms with Crippen molar-refractivity contribution in [2.24, 2.45) is 0 Å². The number of aryl methyl sites for hydroxylation is 1. The van der Waals surface area contributed by atoms with E-state index < -0.39 is 0 Å². The van der Waals surface area contributed by atoms with Gasteiger partial charge in [-0.15, -0.1) is 0 Å². The van der Waals surface area contributed by atoms with Crippen molar-refractivity contribution in [1.82, 2.24) is 9.38 Å². The molecule has 0 fully saturated rings. The van der Waals surface area contributed by atoms with Crippen LogP contribution >= 0.6 is 11.6 Å². The van der Waals surface area contributed by atoms with Crippen LogP contribution in [0.15, 0.2) is 67.0 Å². The molecule has 1 aliphatic carbocycles. The maximum Gasteiger partial charge on any atom is 0.137 e. The van der Waals surface area contributed by atoms with Crippen LogP contribution in [-0.4, -0.2) is 9.38 Å². The Morgan fingerprint density at radius 2 is 1.62 bits per heavy atom. The molecule has 2 aromatic carbocycles. The molecular formula is C23H19ClN2. The zero-order valence-corrected chi connectivity index (χ0v) is 15.2. The molecule has 128 valence electrons. The number of aromatic nitrogens is 2. The summed E-state index contributed by atoms with van der Waals surface area (Å²) < 4.78 is 2.13. The summed E-state index contributed by atoms with van der Waals surface area (Å²) in [4.78, 5) is 4.75. The van der Waals surface area contributed by atoms with E-state index in [2.05, 4.69) is 47.1 Å². The highest BCUT2D eigenvalue weighted by atomic mass is 35.5. The van der Waals surface area contributed by atoms with Gasteiger partial charge in [-0.2, -0.15) is 0 Å². The number of rotatable bonds is 2. The summed E-state index contributed by atoms with van der Waals surface area (Å²) in [6.07, 6.45) is 9.28. The Morgan fingerprint density at radius 3 is 2.50 bits per heavy atom. The van der Waals surface area contributed by atoms with E-state index in [1.165, 1.54) is 47.9 Å². The molecule has 5 rings (SSSR count). The summed E-state index contributed by atoms with van der Waals surface area (Å²) in [5.41, 5.74) is 8.67. The number of hydrogen-bond acceptors (Lipinski definition) is 1. The Bertz CT molecular complexity index is 1090. The molecule has 0 N–H and O–H groups in total. The van der Waals surface area contributed by atoms with Gasteiger partial charge < -0.3 is 4.40 Å². The lowest BCUT2D eigenvalue weighted by atomic mass is 9.86. The van der Waals surface area contributed by atoms with Crippen molar-refractivity contribution in [3.63, 3.8) is 0 Å². The van der Waals surface area contributed by atoms with E-state index in [0.717, 1.165) is 21.9 Å². The van der Waals surface area contributed by atoms with Gasteiger partial charge in [-0.05, 0) is 72.2 Å². The molecule has 3 heteroatoms. The van der Waals surface area contributed by atoms with E-state index in [9.17, 15) is 0 Å². The average Bonchev–Trinajstić information content (AvgIpc) is 3.11. The second kappa shape index (κ2) is 6.30. The second-order valence-electron chi connectivity index (χ2n) is 6.97. The lowest BCUT2D eigenvalue weighted by Crippen LogP contribution is -2.04. The quantitative estimate of drug-likeness (QED) is 0.417. The fourth-order valence-electron chi connectivity index (χ4n) is 3.96. The summed E-state index contributed by atoms with van der Waals surface area (Å²) >= 11 is 6.00. The zero-order valence-electron chi connectivity index (χ0n) is 14.5. The minimum atomic E-state index is 0.744. The van der Waals surface area contributed by atoms with E-state index in [0.29, 0.717) is 0 Å². The average molecular weight is 359 g/mol. The standard InChI is InChI=1S/C23H19ClN2/c24-19-11-8-17(9-12-19)22-15-26-14-18(10-13-23(26)25-22)21-7-3-5-16-4-1-2-6-20(16)21/h3,5,7-15H,1-2,4,6H2. The van der Waals surface area contributed by atoms with Crippen LogP contribution in [0.25, 0.3) is 28.0 Å². The molecule has 2 nitrogen and oxygen atoms in total. The number of benzene rings is 2. The third-order valence-corrected chi connectivity index (χ3v) is 5.55. The van der Waals surface area contributed by atoms with Crippen LogP contribution in [-0.2, 0) is 12.8 Å². The molecule has 4 aromatic rings. The van der Waals surface area contributed by atoms with Crippen molar-refractivity contribution < 1.29 is 0 Å². The first-order valence-corrected chi connectivity index (χ1v) is 9.51. The van der Waals surface area contributed by atoms with Gasteiger partial charge in [0.05, 0.1) is 5.69 Å². The second-order valence-corrected chi connectivity index (χ2v) is 7.40. The molecule has 0 spiro atoms. The van der Waals surface area contributed by atoms with E-state index in [1.54, 1.807) is 0 Å². The number of halogens is 1. The van der Waals surface area contributed by atoms with Gasteiger partial charge in [-0.3, -0.25) is 0 Å². The van der Waals surface area contributed by atoms with Crippen LogP contribution in [0, 0.1) is 0 Å². The molecule has 0 aliphatic heterocycles. The number of imidazole rings is 1. The first-order chi connectivity index (χ1) is 12.8. The summed E-state index contributed by atoms with van der Waals surface area (Å²) in [6.45, 7) is 0. The number of hydrogen-bond donors (Lipinski definition) is 0. The SMILES string of the molecule is Clc1ccc(-c2cn3cc(-c4cccc5c4CCCC5)ccc3n2)cc1. The molecule has 0 amide bonds. The molecule has 2 heterocycles. The summed E-state index contributed by atoms with van der Waals surface area (Å²) in [7, 11) is 0. The van der Waals surface area contributed by atoms with Crippen LogP contribution in [0.4, 0.5) is 0 Å². The predicted octanol–water partition coefficient (Wildman–Crippen LogP) is 6.20. The lowest BCUT2D eigenvalue weighted by molar-refractivity contribution is 0.687. The van der Waals surface area contributed by atoms with Crippen molar-refractivity contribution >= 4 is 17.2 Å². The first kappa shape index (κ1) is 15.7. The van der Waals surface area contributed by atoms with Gasteiger partial charge in [0.25, 0.3) is 0 Å². The number of pyridine rings is 1. The van der Waals surface area contributed by atoms with E-state index in [4.69, 9.17) is 16.6 Å². The van der Waals surface area contributed by atoms with Crippen LogP contribution < -0.4 is 0 Å². The van der Waals surface area contributed by atoms with Crippen LogP contribution in [0.1, 0.15) is 24.0 Å². The van der Waals surface area contributed by atoms with Crippen molar-refractivity contribution in [3.8, 4) is 22.4 Å².